The molecule has 0 spiro atoms. The van der Waals surface area contributed by atoms with E-state index in [-0.39, 0.29) is 5.82 Å². The predicted octanol–water partition coefficient (Wildman–Crippen LogP) is 2.08. The van der Waals surface area contributed by atoms with Gasteiger partial charge in [0.2, 0.25) is 0 Å². The molecule has 1 fully saturated rings. The second-order valence-electron chi connectivity index (χ2n) is 5.20. The van der Waals surface area contributed by atoms with Crippen LogP contribution in [0.15, 0.2) is 18.2 Å². The van der Waals surface area contributed by atoms with Crippen molar-refractivity contribution in [3.05, 3.63) is 29.6 Å². The summed E-state index contributed by atoms with van der Waals surface area (Å²) in [6.07, 6.45) is 1.16. The molecule has 1 N–H and O–H groups in total. The third-order valence-corrected chi connectivity index (χ3v) is 3.67. The Morgan fingerprint density at radius 2 is 2.05 bits per heavy atom. The molecule has 106 valence electrons. The number of halogens is 1. The average molecular weight is 265 g/mol. The van der Waals surface area contributed by atoms with E-state index in [0.717, 1.165) is 51.3 Å². The SMILES string of the molecule is CCNCc1cc(F)ccc1N1CCCN(C)CC1. The van der Waals surface area contributed by atoms with Crippen molar-refractivity contribution in [1.82, 2.24) is 10.2 Å². The maximum atomic E-state index is 13.4. The molecule has 1 aromatic carbocycles. The zero-order chi connectivity index (χ0) is 13.7. The summed E-state index contributed by atoms with van der Waals surface area (Å²) in [7, 11) is 2.16. The van der Waals surface area contributed by atoms with Gasteiger partial charge in [-0.2, -0.15) is 0 Å². The number of nitrogens with zero attached hydrogens (tertiary/aromatic N) is 2. The third-order valence-electron chi connectivity index (χ3n) is 3.67. The van der Waals surface area contributed by atoms with Crippen molar-refractivity contribution in [2.75, 3.05) is 44.7 Å². The van der Waals surface area contributed by atoms with Crippen molar-refractivity contribution in [3.8, 4) is 0 Å². The molecular weight excluding hydrogens is 241 g/mol. The summed E-state index contributed by atoms with van der Waals surface area (Å²) < 4.78 is 13.4. The standard InChI is InChI=1S/C15H24FN3/c1-3-17-12-13-11-14(16)5-6-15(13)19-8-4-7-18(2)9-10-19/h5-6,11,17H,3-4,7-10,12H2,1-2H3. The molecular formula is C15H24FN3. The second-order valence-corrected chi connectivity index (χ2v) is 5.20. The van der Waals surface area contributed by atoms with Crippen LogP contribution in [0.4, 0.5) is 10.1 Å². The van der Waals surface area contributed by atoms with Crippen LogP contribution in [0.2, 0.25) is 0 Å². The monoisotopic (exact) mass is 265 g/mol. The molecule has 19 heavy (non-hydrogen) atoms. The number of hydrogen-bond donors (Lipinski definition) is 1. The number of benzene rings is 1. The molecule has 1 heterocycles. The smallest absolute Gasteiger partial charge is 0.123 e. The van der Waals surface area contributed by atoms with Crippen LogP contribution in [0.25, 0.3) is 0 Å². The van der Waals surface area contributed by atoms with Gasteiger partial charge in [-0.25, -0.2) is 4.39 Å². The highest BCUT2D eigenvalue weighted by Gasteiger charge is 2.15. The van der Waals surface area contributed by atoms with E-state index in [1.54, 1.807) is 12.1 Å². The van der Waals surface area contributed by atoms with E-state index in [1.807, 2.05) is 6.07 Å². The topological polar surface area (TPSA) is 18.5 Å². The van der Waals surface area contributed by atoms with Crippen LogP contribution < -0.4 is 10.2 Å². The molecule has 0 aliphatic carbocycles. The molecule has 0 aromatic heterocycles. The minimum atomic E-state index is -0.149. The second kappa shape index (κ2) is 6.87. The van der Waals surface area contributed by atoms with Gasteiger partial charge in [0.25, 0.3) is 0 Å². The summed E-state index contributed by atoms with van der Waals surface area (Å²) in [6, 6.07) is 5.15. The fourth-order valence-electron chi connectivity index (χ4n) is 2.55. The molecule has 1 saturated heterocycles. The summed E-state index contributed by atoms with van der Waals surface area (Å²) in [5.74, 6) is -0.149. The van der Waals surface area contributed by atoms with Gasteiger partial charge in [0.1, 0.15) is 5.82 Å². The summed E-state index contributed by atoms with van der Waals surface area (Å²) in [5.41, 5.74) is 2.24. The summed E-state index contributed by atoms with van der Waals surface area (Å²) in [5, 5.41) is 3.29. The molecule has 0 saturated carbocycles. The average Bonchev–Trinajstić information content (AvgIpc) is 2.61. The first-order valence-electron chi connectivity index (χ1n) is 7.13. The number of nitrogens with one attached hydrogen (secondary N) is 1. The first-order chi connectivity index (χ1) is 9.20. The van der Waals surface area contributed by atoms with Gasteiger partial charge in [0, 0.05) is 31.9 Å². The van der Waals surface area contributed by atoms with Crippen LogP contribution in [0.3, 0.4) is 0 Å². The van der Waals surface area contributed by atoms with Crippen molar-refractivity contribution in [3.63, 3.8) is 0 Å². The number of rotatable bonds is 4. The highest BCUT2D eigenvalue weighted by molar-refractivity contribution is 5.54. The van der Waals surface area contributed by atoms with E-state index in [9.17, 15) is 4.39 Å². The van der Waals surface area contributed by atoms with Crippen molar-refractivity contribution in [2.45, 2.75) is 19.9 Å². The van der Waals surface area contributed by atoms with Gasteiger partial charge in [-0.05, 0) is 50.3 Å². The molecule has 4 heteroatoms. The van der Waals surface area contributed by atoms with Crippen LogP contribution in [0.5, 0.6) is 0 Å². The Morgan fingerprint density at radius 3 is 2.84 bits per heavy atom. The van der Waals surface area contributed by atoms with Gasteiger partial charge in [0.05, 0.1) is 0 Å². The molecule has 1 aliphatic rings. The van der Waals surface area contributed by atoms with E-state index >= 15 is 0 Å². The fraction of sp³-hybridized carbons (Fsp3) is 0.600. The van der Waals surface area contributed by atoms with Crippen LogP contribution in [-0.4, -0.2) is 44.7 Å². The molecule has 1 aliphatic heterocycles. The first kappa shape index (κ1) is 14.3. The van der Waals surface area contributed by atoms with Crippen LogP contribution in [0, 0.1) is 5.82 Å². The Kier molecular flexibility index (Phi) is 5.16. The predicted molar refractivity (Wildman–Crippen MR) is 78.1 cm³/mol. The fourth-order valence-corrected chi connectivity index (χ4v) is 2.55. The molecule has 0 bridgehead atoms. The summed E-state index contributed by atoms with van der Waals surface area (Å²) >= 11 is 0. The Morgan fingerprint density at radius 1 is 1.21 bits per heavy atom. The lowest BCUT2D eigenvalue weighted by molar-refractivity contribution is 0.360. The van der Waals surface area contributed by atoms with Crippen molar-refractivity contribution < 1.29 is 4.39 Å². The van der Waals surface area contributed by atoms with Gasteiger partial charge >= 0.3 is 0 Å². The maximum Gasteiger partial charge on any atom is 0.123 e. The zero-order valence-electron chi connectivity index (χ0n) is 12.0. The van der Waals surface area contributed by atoms with Gasteiger partial charge in [-0.1, -0.05) is 6.92 Å². The maximum absolute atomic E-state index is 13.4. The minimum Gasteiger partial charge on any atom is -0.370 e. The van der Waals surface area contributed by atoms with Gasteiger partial charge < -0.3 is 15.1 Å². The highest BCUT2D eigenvalue weighted by Crippen LogP contribution is 2.23. The van der Waals surface area contributed by atoms with E-state index in [0.29, 0.717) is 0 Å². The van der Waals surface area contributed by atoms with E-state index in [1.165, 1.54) is 5.69 Å². The Balaban J connectivity index is 2.17. The largest absolute Gasteiger partial charge is 0.370 e. The van der Waals surface area contributed by atoms with Gasteiger partial charge in [0.15, 0.2) is 0 Å². The normalized spacial score (nSPS) is 17.5. The molecule has 3 nitrogen and oxygen atoms in total. The third kappa shape index (κ3) is 3.91. The van der Waals surface area contributed by atoms with Gasteiger partial charge in [-0.15, -0.1) is 0 Å². The number of anilines is 1. The molecule has 0 atom stereocenters. The molecule has 0 radical (unpaired) electrons. The van der Waals surface area contributed by atoms with Crippen molar-refractivity contribution in [2.24, 2.45) is 0 Å². The minimum absolute atomic E-state index is 0.149. The molecule has 2 rings (SSSR count). The lowest BCUT2D eigenvalue weighted by Crippen LogP contribution is -2.30. The van der Waals surface area contributed by atoms with Crippen molar-refractivity contribution >= 4 is 5.69 Å². The number of hydrogen-bond acceptors (Lipinski definition) is 3. The van der Waals surface area contributed by atoms with Crippen LogP contribution in [-0.2, 0) is 6.54 Å². The molecule has 0 unspecified atom stereocenters. The lowest BCUT2D eigenvalue weighted by atomic mass is 10.1. The van der Waals surface area contributed by atoms with Gasteiger partial charge in [-0.3, -0.25) is 0 Å². The van der Waals surface area contributed by atoms with E-state index < -0.39 is 0 Å². The molecule has 1 aromatic rings. The number of likely N-dealkylation sites (N-methyl/N-ethyl adjacent to an activating group) is 1. The Bertz CT molecular complexity index is 408. The first-order valence-corrected chi connectivity index (χ1v) is 7.13. The Labute approximate surface area is 115 Å². The Hall–Kier alpha value is -1.13. The highest BCUT2D eigenvalue weighted by atomic mass is 19.1. The quantitative estimate of drug-likeness (QED) is 0.899. The van der Waals surface area contributed by atoms with Crippen LogP contribution in [0.1, 0.15) is 18.9 Å². The zero-order valence-corrected chi connectivity index (χ0v) is 12.0. The summed E-state index contributed by atoms with van der Waals surface area (Å²) in [6.45, 7) is 7.98. The van der Waals surface area contributed by atoms with Crippen molar-refractivity contribution in [1.29, 1.82) is 0 Å². The van der Waals surface area contributed by atoms with E-state index in [4.69, 9.17) is 0 Å². The summed E-state index contributed by atoms with van der Waals surface area (Å²) in [4.78, 5) is 4.74. The van der Waals surface area contributed by atoms with Crippen LogP contribution >= 0.6 is 0 Å². The molecule has 0 amide bonds. The lowest BCUT2D eigenvalue weighted by Gasteiger charge is -2.25. The van der Waals surface area contributed by atoms with E-state index in [2.05, 4.69) is 29.1 Å².